The van der Waals surface area contributed by atoms with Gasteiger partial charge in [0.05, 0.1) is 6.04 Å². The monoisotopic (exact) mass is 403 g/mol. The molecule has 29 heavy (non-hydrogen) atoms. The summed E-state index contributed by atoms with van der Waals surface area (Å²) in [5.41, 5.74) is 6.49. The summed E-state index contributed by atoms with van der Waals surface area (Å²) in [5.74, 6) is 0.688. The fourth-order valence-electron chi connectivity index (χ4n) is 3.77. The van der Waals surface area contributed by atoms with Crippen molar-refractivity contribution in [3.05, 3.63) is 23.9 Å². The molecule has 1 aliphatic rings. The number of aromatic nitrogens is 1. The summed E-state index contributed by atoms with van der Waals surface area (Å²) in [6.45, 7) is 6.35. The third kappa shape index (κ3) is 7.31. The van der Waals surface area contributed by atoms with Crippen LogP contribution in [0.4, 0.5) is 5.82 Å². The van der Waals surface area contributed by atoms with Crippen LogP contribution in [0.1, 0.15) is 64.9 Å². The van der Waals surface area contributed by atoms with E-state index >= 15 is 0 Å². The Kier molecular flexibility index (Phi) is 8.89. The fraction of sp³-hybridized carbons (Fsp3) is 0.682. The van der Waals surface area contributed by atoms with Crippen LogP contribution >= 0.6 is 0 Å². The van der Waals surface area contributed by atoms with E-state index in [4.69, 9.17) is 5.73 Å². The SMILES string of the molecule is CC(C)N(C)C(C)C(=O)N[C@@H](CC1CCCCC1)C(=O)NCc1ccc(N)nc1. The number of amides is 2. The van der Waals surface area contributed by atoms with Crippen LogP contribution in [-0.2, 0) is 16.1 Å². The molecule has 4 N–H and O–H groups in total. The van der Waals surface area contributed by atoms with E-state index < -0.39 is 6.04 Å². The fourth-order valence-corrected chi connectivity index (χ4v) is 3.77. The molecule has 162 valence electrons. The number of nitrogens with one attached hydrogen (secondary N) is 2. The third-order valence-electron chi connectivity index (χ3n) is 6.05. The molecule has 1 unspecified atom stereocenters. The molecule has 0 saturated heterocycles. The standard InChI is InChI=1S/C22H37N5O2/c1-15(2)27(4)16(3)21(28)26-19(12-17-8-6-5-7-9-17)22(29)25-14-18-10-11-20(23)24-13-18/h10-11,13,15-17,19H,5-9,12,14H2,1-4H3,(H2,23,24)(H,25,29)(H,26,28)/t16?,19-/m0/s1. The number of hydrogen-bond acceptors (Lipinski definition) is 5. The molecule has 2 amide bonds. The van der Waals surface area contributed by atoms with Gasteiger partial charge in [-0.05, 0) is 51.8 Å². The zero-order chi connectivity index (χ0) is 21.4. The van der Waals surface area contributed by atoms with Gasteiger partial charge in [0.1, 0.15) is 11.9 Å². The van der Waals surface area contributed by atoms with E-state index in [0.29, 0.717) is 24.7 Å². The second-order valence-corrected chi connectivity index (χ2v) is 8.55. The number of likely N-dealkylation sites (N-methyl/N-ethyl adjacent to an activating group) is 1. The number of nitrogens with two attached hydrogens (primary N) is 1. The lowest BCUT2D eigenvalue weighted by atomic mass is 9.84. The number of anilines is 1. The lowest BCUT2D eigenvalue weighted by Crippen LogP contribution is -2.53. The van der Waals surface area contributed by atoms with Gasteiger partial charge in [0, 0.05) is 18.8 Å². The molecule has 0 bridgehead atoms. The summed E-state index contributed by atoms with van der Waals surface area (Å²) in [4.78, 5) is 31.8. The summed E-state index contributed by atoms with van der Waals surface area (Å²) < 4.78 is 0. The van der Waals surface area contributed by atoms with Gasteiger partial charge in [-0.1, -0.05) is 38.2 Å². The molecule has 0 spiro atoms. The zero-order valence-electron chi connectivity index (χ0n) is 18.3. The van der Waals surface area contributed by atoms with Crippen molar-refractivity contribution in [2.45, 2.75) is 84.0 Å². The van der Waals surface area contributed by atoms with E-state index in [0.717, 1.165) is 18.4 Å². The number of carbonyl (C=O) groups excluding carboxylic acids is 2. The summed E-state index contributed by atoms with van der Waals surface area (Å²) in [6.07, 6.45) is 8.28. The van der Waals surface area contributed by atoms with Crippen LogP contribution in [-0.4, -0.2) is 46.9 Å². The number of pyridine rings is 1. The second-order valence-electron chi connectivity index (χ2n) is 8.55. The molecule has 0 radical (unpaired) electrons. The Hall–Kier alpha value is -2.15. The minimum absolute atomic E-state index is 0.105. The largest absolute Gasteiger partial charge is 0.384 e. The molecule has 0 aliphatic heterocycles. The predicted octanol–water partition coefficient (Wildman–Crippen LogP) is 2.46. The summed E-state index contributed by atoms with van der Waals surface area (Å²) in [7, 11) is 1.93. The summed E-state index contributed by atoms with van der Waals surface area (Å²) >= 11 is 0. The first-order valence-electron chi connectivity index (χ1n) is 10.8. The average molecular weight is 404 g/mol. The van der Waals surface area contributed by atoms with Crippen molar-refractivity contribution in [1.29, 1.82) is 0 Å². The van der Waals surface area contributed by atoms with Gasteiger partial charge >= 0.3 is 0 Å². The van der Waals surface area contributed by atoms with Crippen LogP contribution in [0.3, 0.4) is 0 Å². The maximum absolute atomic E-state index is 12.9. The minimum atomic E-state index is -0.518. The maximum atomic E-state index is 12.9. The van der Waals surface area contributed by atoms with Gasteiger partial charge < -0.3 is 16.4 Å². The zero-order valence-corrected chi connectivity index (χ0v) is 18.3. The van der Waals surface area contributed by atoms with Crippen LogP contribution in [0.2, 0.25) is 0 Å². The molecule has 1 aliphatic carbocycles. The first kappa shape index (κ1) is 23.1. The lowest BCUT2D eigenvalue weighted by molar-refractivity contribution is -0.132. The predicted molar refractivity (Wildman–Crippen MR) is 116 cm³/mol. The van der Waals surface area contributed by atoms with E-state index in [-0.39, 0.29) is 23.9 Å². The van der Waals surface area contributed by atoms with Gasteiger partial charge in [-0.15, -0.1) is 0 Å². The Bertz CT molecular complexity index is 656. The number of hydrogen-bond donors (Lipinski definition) is 3. The molecule has 1 aromatic heterocycles. The average Bonchev–Trinajstić information content (AvgIpc) is 2.72. The Morgan fingerprint density at radius 1 is 1.17 bits per heavy atom. The second kappa shape index (κ2) is 11.1. The molecular formula is C22H37N5O2. The van der Waals surface area contributed by atoms with Crippen LogP contribution < -0.4 is 16.4 Å². The van der Waals surface area contributed by atoms with Crippen molar-refractivity contribution in [2.75, 3.05) is 12.8 Å². The Morgan fingerprint density at radius 3 is 2.45 bits per heavy atom. The van der Waals surface area contributed by atoms with Crippen LogP contribution in [0.5, 0.6) is 0 Å². The van der Waals surface area contributed by atoms with Crippen molar-refractivity contribution >= 4 is 17.6 Å². The van der Waals surface area contributed by atoms with Crippen molar-refractivity contribution in [3.63, 3.8) is 0 Å². The highest BCUT2D eigenvalue weighted by molar-refractivity contribution is 5.89. The van der Waals surface area contributed by atoms with Gasteiger partial charge in [-0.25, -0.2) is 4.98 Å². The van der Waals surface area contributed by atoms with E-state index in [1.54, 1.807) is 12.3 Å². The summed E-state index contributed by atoms with van der Waals surface area (Å²) in [5, 5.41) is 5.97. The molecule has 2 atom stereocenters. The number of carbonyl (C=O) groups is 2. The van der Waals surface area contributed by atoms with Crippen LogP contribution in [0.25, 0.3) is 0 Å². The van der Waals surface area contributed by atoms with E-state index in [9.17, 15) is 9.59 Å². The molecule has 1 aromatic rings. The Morgan fingerprint density at radius 2 is 1.86 bits per heavy atom. The van der Waals surface area contributed by atoms with E-state index in [1.807, 2.05) is 24.9 Å². The minimum Gasteiger partial charge on any atom is -0.384 e. The molecule has 7 nitrogen and oxygen atoms in total. The highest BCUT2D eigenvalue weighted by Crippen LogP contribution is 2.27. The van der Waals surface area contributed by atoms with Crippen molar-refractivity contribution in [2.24, 2.45) is 5.92 Å². The molecule has 7 heteroatoms. The van der Waals surface area contributed by atoms with Gasteiger partial charge in [0.15, 0.2) is 0 Å². The summed E-state index contributed by atoms with van der Waals surface area (Å²) in [6, 6.07) is 3.00. The van der Waals surface area contributed by atoms with Gasteiger partial charge in [-0.3, -0.25) is 14.5 Å². The maximum Gasteiger partial charge on any atom is 0.242 e. The Balaban J connectivity index is 2.01. The topological polar surface area (TPSA) is 100 Å². The first-order chi connectivity index (χ1) is 13.8. The first-order valence-corrected chi connectivity index (χ1v) is 10.8. The lowest BCUT2D eigenvalue weighted by Gasteiger charge is -2.31. The van der Waals surface area contributed by atoms with Gasteiger partial charge in [0.2, 0.25) is 11.8 Å². The van der Waals surface area contributed by atoms with Crippen molar-refractivity contribution in [1.82, 2.24) is 20.5 Å². The highest BCUT2D eigenvalue weighted by Gasteiger charge is 2.29. The number of nitrogens with zero attached hydrogens (tertiary/aromatic N) is 2. The molecular weight excluding hydrogens is 366 g/mol. The smallest absolute Gasteiger partial charge is 0.242 e. The number of nitrogen functional groups attached to an aromatic ring is 1. The highest BCUT2D eigenvalue weighted by atomic mass is 16.2. The molecule has 2 rings (SSSR count). The van der Waals surface area contributed by atoms with Crippen molar-refractivity contribution < 1.29 is 9.59 Å². The van der Waals surface area contributed by atoms with Crippen LogP contribution in [0, 0.1) is 5.92 Å². The molecule has 0 aromatic carbocycles. The van der Waals surface area contributed by atoms with E-state index in [2.05, 4.69) is 29.5 Å². The Labute approximate surface area is 174 Å². The normalized spacial score (nSPS) is 17.2. The third-order valence-corrected chi connectivity index (χ3v) is 6.05. The molecule has 1 heterocycles. The van der Waals surface area contributed by atoms with Gasteiger partial charge in [-0.2, -0.15) is 0 Å². The number of rotatable bonds is 9. The van der Waals surface area contributed by atoms with Crippen LogP contribution in [0.15, 0.2) is 18.3 Å². The van der Waals surface area contributed by atoms with Gasteiger partial charge in [0.25, 0.3) is 0 Å². The van der Waals surface area contributed by atoms with E-state index in [1.165, 1.54) is 19.3 Å². The molecule has 1 saturated carbocycles. The van der Waals surface area contributed by atoms with Crippen molar-refractivity contribution in [3.8, 4) is 0 Å². The molecule has 1 fully saturated rings. The quantitative estimate of drug-likeness (QED) is 0.588.